The molecule has 0 bridgehead atoms. The number of fused-ring (bicyclic) bond motifs is 1. The predicted molar refractivity (Wildman–Crippen MR) is 133 cm³/mol. The van der Waals surface area contributed by atoms with E-state index in [1.807, 2.05) is 61.5 Å². The van der Waals surface area contributed by atoms with Gasteiger partial charge in [-0.15, -0.1) is 0 Å². The molecule has 2 amide bonds. The Labute approximate surface area is 202 Å². The summed E-state index contributed by atoms with van der Waals surface area (Å²) in [5, 5.41) is 5.11. The van der Waals surface area contributed by atoms with E-state index in [0.717, 1.165) is 16.9 Å². The van der Waals surface area contributed by atoms with Crippen LogP contribution in [0.15, 0.2) is 83.7 Å². The Kier molecular flexibility index (Phi) is 7.52. The van der Waals surface area contributed by atoms with Crippen LogP contribution in [-0.2, 0) is 11.3 Å². The van der Waals surface area contributed by atoms with Gasteiger partial charge in [0.2, 0.25) is 5.91 Å². The normalized spacial score (nSPS) is 10.7. The highest BCUT2D eigenvalue weighted by atomic mass is 16.5. The highest BCUT2D eigenvalue weighted by Crippen LogP contribution is 2.14. The van der Waals surface area contributed by atoms with Crippen LogP contribution < -0.4 is 21.1 Å². The average molecular weight is 471 g/mol. The van der Waals surface area contributed by atoms with E-state index in [-0.39, 0.29) is 30.1 Å². The molecule has 35 heavy (non-hydrogen) atoms. The van der Waals surface area contributed by atoms with Crippen molar-refractivity contribution in [2.24, 2.45) is 0 Å². The molecule has 8 nitrogen and oxygen atoms in total. The minimum absolute atomic E-state index is 0.0548. The van der Waals surface area contributed by atoms with Crippen molar-refractivity contribution in [1.29, 1.82) is 0 Å². The molecule has 0 aliphatic carbocycles. The summed E-state index contributed by atoms with van der Waals surface area (Å²) in [5.41, 5.74) is 6.56. The second-order valence-electron chi connectivity index (χ2n) is 8.11. The minimum Gasteiger partial charge on any atom is -0.494 e. The largest absolute Gasteiger partial charge is 0.494 e. The maximum Gasteiger partial charge on any atom is 0.290 e. The number of nitrogens with zero attached hydrogens (tertiary/aromatic N) is 2. The Balaban J connectivity index is 1.39. The Morgan fingerprint density at radius 3 is 2.43 bits per heavy atom. The van der Waals surface area contributed by atoms with E-state index in [2.05, 4.69) is 16.0 Å². The summed E-state index contributed by atoms with van der Waals surface area (Å²) in [6, 6.07) is 23.9. The number of carbonyl (C=O) groups excluding carboxylic acids is 2. The Morgan fingerprint density at radius 2 is 1.66 bits per heavy atom. The predicted octanol–water partition coefficient (Wildman–Crippen LogP) is 3.37. The number of rotatable bonds is 8. The summed E-state index contributed by atoms with van der Waals surface area (Å²) in [6.45, 7) is 2.58. The first kappa shape index (κ1) is 23.7. The topological polar surface area (TPSA) is 102 Å². The summed E-state index contributed by atoms with van der Waals surface area (Å²) in [5.74, 6) is -0.206. The number of nitrogens with one attached hydrogen (secondary N) is 2. The third kappa shape index (κ3) is 6.11. The van der Waals surface area contributed by atoms with Gasteiger partial charge in [0.1, 0.15) is 5.75 Å². The number of ether oxygens (including phenoxy) is 1. The van der Waals surface area contributed by atoms with Gasteiger partial charge < -0.3 is 4.74 Å². The number of amides is 2. The van der Waals surface area contributed by atoms with Crippen molar-refractivity contribution >= 4 is 22.6 Å². The lowest BCUT2D eigenvalue weighted by Gasteiger charge is -2.12. The SMILES string of the molecule is Cc1cccc(OCCCC(=O)NNC(=O)c2nn(Cc3ccccc3)c(=O)c3ccccc23)c1. The maximum absolute atomic E-state index is 12.9. The molecule has 0 radical (unpaired) electrons. The third-order valence-corrected chi connectivity index (χ3v) is 5.38. The summed E-state index contributed by atoms with van der Waals surface area (Å²) >= 11 is 0. The molecule has 0 fully saturated rings. The quantitative estimate of drug-likeness (QED) is 0.304. The van der Waals surface area contributed by atoms with Gasteiger partial charge in [0, 0.05) is 11.8 Å². The molecule has 178 valence electrons. The third-order valence-electron chi connectivity index (χ3n) is 5.38. The van der Waals surface area contributed by atoms with Crippen molar-refractivity contribution in [3.63, 3.8) is 0 Å². The van der Waals surface area contributed by atoms with Crippen LogP contribution in [0.4, 0.5) is 0 Å². The van der Waals surface area contributed by atoms with E-state index in [9.17, 15) is 14.4 Å². The summed E-state index contributed by atoms with van der Waals surface area (Å²) in [6.07, 6.45) is 0.659. The Bertz CT molecular complexity index is 1400. The zero-order valence-corrected chi connectivity index (χ0v) is 19.4. The van der Waals surface area contributed by atoms with Gasteiger partial charge in [0.15, 0.2) is 5.69 Å². The van der Waals surface area contributed by atoms with Crippen LogP contribution in [0.2, 0.25) is 0 Å². The van der Waals surface area contributed by atoms with Gasteiger partial charge in [0.25, 0.3) is 11.5 Å². The van der Waals surface area contributed by atoms with E-state index in [1.54, 1.807) is 24.3 Å². The van der Waals surface area contributed by atoms with Crippen LogP contribution in [-0.4, -0.2) is 28.2 Å². The molecular weight excluding hydrogens is 444 g/mol. The van der Waals surface area contributed by atoms with Gasteiger partial charge in [-0.2, -0.15) is 5.10 Å². The van der Waals surface area contributed by atoms with Crippen molar-refractivity contribution < 1.29 is 14.3 Å². The number of hydrogen-bond acceptors (Lipinski definition) is 5. The fourth-order valence-electron chi connectivity index (χ4n) is 3.64. The van der Waals surface area contributed by atoms with Crippen LogP contribution in [0.5, 0.6) is 5.75 Å². The number of carbonyl (C=O) groups is 2. The molecule has 2 N–H and O–H groups in total. The summed E-state index contributed by atoms with van der Waals surface area (Å²) < 4.78 is 6.90. The number of aryl methyl sites for hydroxylation is 1. The molecule has 0 atom stereocenters. The first-order valence-corrected chi connectivity index (χ1v) is 11.3. The molecule has 8 heteroatoms. The van der Waals surface area contributed by atoms with Gasteiger partial charge in [-0.05, 0) is 42.7 Å². The lowest BCUT2D eigenvalue weighted by Crippen LogP contribution is -2.42. The first-order chi connectivity index (χ1) is 17.0. The molecule has 0 saturated carbocycles. The maximum atomic E-state index is 12.9. The molecular formula is C27H26N4O4. The number of hydrazine groups is 1. The van der Waals surface area contributed by atoms with E-state index in [4.69, 9.17) is 4.74 Å². The van der Waals surface area contributed by atoms with Crippen molar-refractivity contribution in [3.8, 4) is 5.75 Å². The van der Waals surface area contributed by atoms with Crippen molar-refractivity contribution in [2.75, 3.05) is 6.61 Å². The van der Waals surface area contributed by atoms with Crippen LogP contribution in [0, 0.1) is 6.92 Å². The van der Waals surface area contributed by atoms with Crippen molar-refractivity contribution in [3.05, 3.63) is 106 Å². The molecule has 0 spiro atoms. The summed E-state index contributed by atoms with van der Waals surface area (Å²) in [4.78, 5) is 38.0. The number of hydrogen-bond donors (Lipinski definition) is 2. The Morgan fingerprint density at radius 1 is 0.914 bits per heavy atom. The molecule has 1 aromatic heterocycles. The number of benzene rings is 3. The van der Waals surface area contributed by atoms with Gasteiger partial charge in [-0.25, -0.2) is 4.68 Å². The van der Waals surface area contributed by atoms with Crippen LogP contribution in [0.25, 0.3) is 10.8 Å². The molecule has 1 heterocycles. The Hall–Kier alpha value is -4.46. The van der Waals surface area contributed by atoms with Crippen LogP contribution >= 0.6 is 0 Å². The number of aromatic nitrogens is 2. The smallest absolute Gasteiger partial charge is 0.290 e. The van der Waals surface area contributed by atoms with Gasteiger partial charge in [0.05, 0.1) is 18.5 Å². The van der Waals surface area contributed by atoms with E-state index < -0.39 is 5.91 Å². The molecule has 4 rings (SSSR count). The molecule has 0 saturated heterocycles. The second kappa shape index (κ2) is 11.1. The zero-order chi connectivity index (χ0) is 24.6. The average Bonchev–Trinajstić information content (AvgIpc) is 2.87. The summed E-state index contributed by atoms with van der Waals surface area (Å²) in [7, 11) is 0. The van der Waals surface area contributed by atoms with Crippen molar-refractivity contribution in [1.82, 2.24) is 20.6 Å². The van der Waals surface area contributed by atoms with Gasteiger partial charge in [-0.3, -0.25) is 25.2 Å². The lowest BCUT2D eigenvalue weighted by molar-refractivity contribution is -0.122. The molecule has 0 aliphatic rings. The zero-order valence-electron chi connectivity index (χ0n) is 19.4. The van der Waals surface area contributed by atoms with E-state index in [0.29, 0.717) is 23.8 Å². The highest BCUT2D eigenvalue weighted by Gasteiger charge is 2.17. The standard InChI is InChI=1S/C27H26N4O4/c1-19-9-7-12-21(17-19)35-16-8-15-24(32)28-29-26(33)25-22-13-5-6-14-23(22)27(34)31(30-25)18-20-10-3-2-4-11-20/h2-7,9-14,17H,8,15-16,18H2,1H3,(H,28,32)(H,29,33). The van der Waals surface area contributed by atoms with Gasteiger partial charge >= 0.3 is 0 Å². The van der Waals surface area contributed by atoms with Crippen LogP contribution in [0.1, 0.15) is 34.5 Å². The molecule has 0 aliphatic heterocycles. The monoisotopic (exact) mass is 470 g/mol. The van der Waals surface area contributed by atoms with E-state index >= 15 is 0 Å². The highest BCUT2D eigenvalue weighted by molar-refractivity contribution is 6.05. The fourth-order valence-corrected chi connectivity index (χ4v) is 3.64. The van der Waals surface area contributed by atoms with E-state index in [1.165, 1.54) is 4.68 Å². The fraction of sp³-hybridized carbons (Fsp3) is 0.185. The van der Waals surface area contributed by atoms with Crippen LogP contribution in [0.3, 0.4) is 0 Å². The molecule has 4 aromatic rings. The molecule has 3 aromatic carbocycles. The van der Waals surface area contributed by atoms with Gasteiger partial charge in [-0.1, -0.05) is 60.7 Å². The molecule has 0 unspecified atom stereocenters. The lowest BCUT2D eigenvalue weighted by atomic mass is 10.1. The second-order valence-corrected chi connectivity index (χ2v) is 8.11. The minimum atomic E-state index is -0.604. The van der Waals surface area contributed by atoms with Crippen molar-refractivity contribution in [2.45, 2.75) is 26.3 Å². The first-order valence-electron chi connectivity index (χ1n) is 11.3.